The van der Waals surface area contributed by atoms with E-state index in [0.717, 1.165) is 44.6 Å². The minimum Gasteiger partial charge on any atom is -0.496 e. The average Bonchev–Trinajstić information content (AvgIpc) is 3.44. The number of fused-ring (bicyclic) bond motifs is 2. The number of amides is 2. The molecule has 0 spiro atoms. The standard InChI is InChI=1S/C27H35FN2O6/c1-35-21-13-20(28)22(36-18-9-7-14(8-10-18)27(33)34)12-19(21)25(31)30-24-16-6-5-15(11-16)23(24)26(32)29-17-3-2-4-17/h12-18,23-24H,2-11H2,1H3,(H,29,32)(H,30,31)(H,33,34)/t14?,15-,16+,18?,23+,24-/m1/s1. The Hall–Kier alpha value is -2.84. The summed E-state index contributed by atoms with van der Waals surface area (Å²) >= 11 is 0. The summed E-state index contributed by atoms with van der Waals surface area (Å²) in [5, 5.41) is 15.4. The molecule has 2 bridgehead atoms. The highest BCUT2D eigenvalue weighted by Gasteiger charge is 2.51. The number of carboxylic acids is 1. The van der Waals surface area contributed by atoms with E-state index in [9.17, 15) is 23.9 Å². The number of hydrogen-bond donors (Lipinski definition) is 3. The summed E-state index contributed by atoms with van der Waals surface area (Å²) in [5.41, 5.74) is 0.161. The molecule has 36 heavy (non-hydrogen) atoms. The van der Waals surface area contributed by atoms with Crippen LogP contribution in [0.1, 0.15) is 74.6 Å². The molecular weight excluding hydrogens is 467 g/mol. The van der Waals surface area contributed by atoms with E-state index in [2.05, 4.69) is 10.6 Å². The first kappa shape index (κ1) is 24.8. The van der Waals surface area contributed by atoms with Gasteiger partial charge in [-0.2, -0.15) is 0 Å². The Morgan fingerprint density at radius 3 is 2.31 bits per heavy atom. The molecule has 4 aliphatic rings. The summed E-state index contributed by atoms with van der Waals surface area (Å²) < 4.78 is 26.0. The summed E-state index contributed by atoms with van der Waals surface area (Å²) in [6.07, 6.45) is 7.72. The van der Waals surface area contributed by atoms with Crippen LogP contribution in [0.4, 0.5) is 4.39 Å². The van der Waals surface area contributed by atoms with Crippen LogP contribution in [0.15, 0.2) is 12.1 Å². The van der Waals surface area contributed by atoms with E-state index in [1.807, 2.05) is 0 Å². The summed E-state index contributed by atoms with van der Waals surface area (Å²) in [6, 6.07) is 2.50. The van der Waals surface area contributed by atoms with Gasteiger partial charge in [0.15, 0.2) is 11.6 Å². The van der Waals surface area contributed by atoms with Crippen molar-refractivity contribution in [1.29, 1.82) is 0 Å². The molecule has 0 unspecified atom stereocenters. The van der Waals surface area contributed by atoms with Gasteiger partial charge >= 0.3 is 5.97 Å². The SMILES string of the molecule is COc1cc(F)c(OC2CCC(C(=O)O)CC2)cc1C(=O)N[C@@H]1[C@H]2CC[C@H](C2)[C@@H]1C(=O)NC1CCC1. The Labute approximate surface area is 210 Å². The van der Waals surface area contributed by atoms with Crippen molar-refractivity contribution >= 4 is 17.8 Å². The Balaban J connectivity index is 1.30. The molecular formula is C27H35FN2O6. The molecule has 4 saturated carbocycles. The topological polar surface area (TPSA) is 114 Å². The normalized spacial score (nSPS) is 31.4. The fourth-order valence-electron chi connectivity index (χ4n) is 6.53. The van der Waals surface area contributed by atoms with Crippen LogP contribution in [0, 0.1) is 29.5 Å². The molecule has 4 fully saturated rings. The van der Waals surface area contributed by atoms with Crippen LogP contribution >= 0.6 is 0 Å². The molecule has 0 heterocycles. The van der Waals surface area contributed by atoms with Crippen LogP contribution in [0.3, 0.4) is 0 Å². The molecule has 3 N–H and O–H groups in total. The van der Waals surface area contributed by atoms with Gasteiger partial charge in [-0.05, 0) is 82.1 Å². The number of hydrogen-bond acceptors (Lipinski definition) is 5. The number of aliphatic carboxylic acids is 1. The summed E-state index contributed by atoms with van der Waals surface area (Å²) in [5.74, 6) is -1.90. The van der Waals surface area contributed by atoms with E-state index in [-0.39, 0.29) is 58.9 Å². The van der Waals surface area contributed by atoms with Crippen molar-refractivity contribution in [2.45, 2.75) is 82.4 Å². The molecule has 4 atom stereocenters. The van der Waals surface area contributed by atoms with Gasteiger partial charge in [-0.25, -0.2) is 4.39 Å². The van der Waals surface area contributed by atoms with E-state index >= 15 is 0 Å². The van der Waals surface area contributed by atoms with Crippen LogP contribution in [-0.4, -0.2) is 48.2 Å². The molecule has 0 radical (unpaired) electrons. The third-order valence-corrected chi connectivity index (χ3v) is 8.78. The van der Waals surface area contributed by atoms with Gasteiger partial charge in [-0.15, -0.1) is 0 Å². The fourth-order valence-corrected chi connectivity index (χ4v) is 6.53. The van der Waals surface area contributed by atoms with E-state index in [1.54, 1.807) is 0 Å². The smallest absolute Gasteiger partial charge is 0.306 e. The van der Waals surface area contributed by atoms with Crippen molar-refractivity contribution in [2.24, 2.45) is 23.7 Å². The van der Waals surface area contributed by atoms with E-state index in [4.69, 9.17) is 9.47 Å². The van der Waals surface area contributed by atoms with Gasteiger partial charge in [0.25, 0.3) is 5.91 Å². The molecule has 5 rings (SSSR count). The maximum Gasteiger partial charge on any atom is 0.306 e. The van der Waals surface area contributed by atoms with Crippen molar-refractivity contribution in [3.05, 3.63) is 23.5 Å². The van der Waals surface area contributed by atoms with Crippen LogP contribution in [0.5, 0.6) is 11.5 Å². The number of nitrogens with one attached hydrogen (secondary N) is 2. The summed E-state index contributed by atoms with van der Waals surface area (Å²) in [4.78, 5) is 37.7. The Bertz CT molecular complexity index is 1020. The van der Waals surface area contributed by atoms with Crippen LogP contribution in [-0.2, 0) is 9.59 Å². The van der Waals surface area contributed by atoms with Crippen molar-refractivity contribution < 1.29 is 33.4 Å². The zero-order valence-electron chi connectivity index (χ0n) is 20.6. The molecule has 9 heteroatoms. The number of benzene rings is 1. The second-order valence-corrected chi connectivity index (χ2v) is 10.9. The van der Waals surface area contributed by atoms with Gasteiger partial charge in [-0.3, -0.25) is 14.4 Å². The molecule has 0 saturated heterocycles. The second kappa shape index (κ2) is 10.3. The third-order valence-electron chi connectivity index (χ3n) is 8.78. The quantitative estimate of drug-likeness (QED) is 0.500. The molecule has 0 aromatic heterocycles. The largest absolute Gasteiger partial charge is 0.496 e. The summed E-state index contributed by atoms with van der Waals surface area (Å²) in [7, 11) is 1.38. The molecule has 196 valence electrons. The number of carbonyl (C=O) groups excluding carboxylic acids is 2. The van der Waals surface area contributed by atoms with Crippen molar-refractivity contribution in [3.8, 4) is 11.5 Å². The lowest BCUT2D eigenvalue weighted by Gasteiger charge is -2.34. The number of carboxylic acid groups (broad SMARTS) is 1. The fraction of sp³-hybridized carbons (Fsp3) is 0.667. The van der Waals surface area contributed by atoms with Crippen molar-refractivity contribution in [2.75, 3.05) is 7.11 Å². The van der Waals surface area contributed by atoms with Gasteiger partial charge in [-0.1, -0.05) is 0 Å². The van der Waals surface area contributed by atoms with Crippen LogP contribution in [0.2, 0.25) is 0 Å². The second-order valence-electron chi connectivity index (χ2n) is 10.9. The van der Waals surface area contributed by atoms with Gasteiger partial charge < -0.3 is 25.2 Å². The molecule has 0 aliphatic heterocycles. The first-order valence-corrected chi connectivity index (χ1v) is 13.2. The lowest BCUT2D eigenvalue weighted by atomic mass is 9.82. The number of halogens is 1. The Morgan fingerprint density at radius 2 is 1.67 bits per heavy atom. The number of methoxy groups -OCH3 is 1. The first-order chi connectivity index (χ1) is 17.3. The van der Waals surface area contributed by atoms with E-state index in [1.165, 1.54) is 13.2 Å². The predicted molar refractivity (Wildman–Crippen MR) is 128 cm³/mol. The lowest BCUT2D eigenvalue weighted by Crippen LogP contribution is -2.52. The Morgan fingerprint density at radius 1 is 0.944 bits per heavy atom. The predicted octanol–water partition coefficient (Wildman–Crippen LogP) is 3.67. The average molecular weight is 503 g/mol. The zero-order chi connectivity index (χ0) is 25.4. The third kappa shape index (κ3) is 4.89. The van der Waals surface area contributed by atoms with Crippen molar-refractivity contribution in [3.63, 3.8) is 0 Å². The number of ether oxygens (including phenoxy) is 2. The maximum atomic E-state index is 14.8. The minimum atomic E-state index is -0.816. The van der Waals surface area contributed by atoms with Crippen LogP contribution < -0.4 is 20.1 Å². The Kier molecular flexibility index (Phi) is 7.08. The first-order valence-electron chi connectivity index (χ1n) is 13.2. The lowest BCUT2D eigenvalue weighted by molar-refractivity contribution is -0.143. The van der Waals surface area contributed by atoms with Gasteiger partial charge in [0.05, 0.1) is 30.6 Å². The highest BCUT2D eigenvalue weighted by molar-refractivity contribution is 5.98. The molecule has 8 nitrogen and oxygen atoms in total. The van der Waals surface area contributed by atoms with Gasteiger partial charge in [0.2, 0.25) is 5.91 Å². The molecule has 1 aromatic rings. The van der Waals surface area contributed by atoms with E-state index in [0.29, 0.717) is 25.7 Å². The maximum absolute atomic E-state index is 14.8. The summed E-state index contributed by atoms with van der Waals surface area (Å²) in [6.45, 7) is 0. The number of rotatable bonds is 8. The van der Waals surface area contributed by atoms with Crippen molar-refractivity contribution in [1.82, 2.24) is 10.6 Å². The highest BCUT2D eigenvalue weighted by Crippen LogP contribution is 2.49. The minimum absolute atomic E-state index is 0.0317. The molecule has 1 aromatic carbocycles. The monoisotopic (exact) mass is 502 g/mol. The molecule has 2 amide bonds. The zero-order valence-corrected chi connectivity index (χ0v) is 20.6. The van der Waals surface area contributed by atoms with Gasteiger partial charge in [0.1, 0.15) is 5.75 Å². The van der Waals surface area contributed by atoms with E-state index < -0.39 is 23.6 Å². The number of carbonyl (C=O) groups is 3. The van der Waals surface area contributed by atoms with Crippen LogP contribution in [0.25, 0.3) is 0 Å². The molecule has 4 aliphatic carbocycles. The highest BCUT2D eigenvalue weighted by atomic mass is 19.1. The van der Waals surface area contributed by atoms with Gasteiger partial charge in [0, 0.05) is 18.2 Å².